The standard InChI is InChI=1S/C13H27N3O.HI/c1-4-14-13(16-9-12-5-6-12)15-7-8-17-10-11(2)3;/h11-12H,4-10H2,1-3H3,(H2,14,15,16);1H. The third-order valence-corrected chi connectivity index (χ3v) is 2.54. The van der Waals surface area contributed by atoms with Gasteiger partial charge in [-0.05, 0) is 31.6 Å². The van der Waals surface area contributed by atoms with E-state index < -0.39 is 0 Å². The van der Waals surface area contributed by atoms with E-state index in [2.05, 4.69) is 36.4 Å². The Labute approximate surface area is 128 Å². The van der Waals surface area contributed by atoms with Crippen LogP contribution in [0.25, 0.3) is 0 Å². The first-order valence-electron chi connectivity index (χ1n) is 6.82. The normalized spacial score (nSPS) is 15.4. The number of hydrogen-bond donors (Lipinski definition) is 2. The van der Waals surface area contributed by atoms with Gasteiger partial charge in [-0.25, -0.2) is 0 Å². The lowest BCUT2D eigenvalue weighted by Gasteiger charge is -2.12. The topological polar surface area (TPSA) is 45.7 Å². The van der Waals surface area contributed by atoms with Gasteiger partial charge in [0, 0.05) is 26.2 Å². The van der Waals surface area contributed by atoms with E-state index in [1.807, 2.05) is 0 Å². The summed E-state index contributed by atoms with van der Waals surface area (Å²) in [5, 5.41) is 6.54. The summed E-state index contributed by atoms with van der Waals surface area (Å²) in [5.41, 5.74) is 0. The fraction of sp³-hybridized carbons (Fsp3) is 0.923. The minimum Gasteiger partial charge on any atom is -0.379 e. The molecular formula is C13H28IN3O. The molecule has 4 nitrogen and oxygen atoms in total. The van der Waals surface area contributed by atoms with Crippen molar-refractivity contribution in [3.63, 3.8) is 0 Å². The number of halogens is 1. The predicted octanol–water partition coefficient (Wildman–Crippen LogP) is 2.24. The van der Waals surface area contributed by atoms with Crippen molar-refractivity contribution in [1.82, 2.24) is 10.6 Å². The molecule has 0 saturated heterocycles. The minimum absolute atomic E-state index is 0. The Morgan fingerprint density at radius 2 is 2.06 bits per heavy atom. The molecule has 0 aromatic rings. The summed E-state index contributed by atoms with van der Waals surface area (Å²) >= 11 is 0. The average molecular weight is 369 g/mol. The van der Waals surface area contributed by atoms with Gasteiger partial charge in [0.05, 0.1) is 6.61 Å². The van der Waals surface area contributed by atoms with Crippen molar-refractivity contribution in [1.29, 1.82) is 0 Å². The number of guanidine groups is 1. The van der Waals surface area contributed by atoms with Crippen LogP contribution in [0.4, 0.5) is 0 Å². The Morgan fingerprint density at radius 1 is 1.33 bits per heavy atom. The van der Waals surface area contributed by atoms with Crippen LogP contribution in [0, 0.1) is 11.8 Å². The van der Waals surface area contributed by atoms with Crippen molar-refractivity contribution >= 4 is 29.9 Å². The summed E-state index contributed by atoms with van der Waals surface area (Å²) in [7, 11) is 0. The van der Waals surface area contributed by atoms with Gasteiger partial charge in [-0.15, -0.1) is 24.0 Å². The Kier molecular flexibility index (Phi) is 10.8. The fourth-order valence-corrected chi connectivity index (χ4v) is 1.42. The number of rotatable bonds is 8. The van der Waals surface area contributed by atoms with Crippen LogP contribution in [0.2, 0.25) is 0 Å². The largest absolute Gasteiger partial charge is 0.379 e. The highest BCUT2D eigenvalue weighted by Crippen LogP contribution is 2.28. The summed E-state index contributed by atoms with van der Waals surface area (Å²) in [5.74, 6) is 2.36. The van der Waals surface area contributed by atoms with Crippen molar-refractivity contribution in [2.45, 2.75) is 33.6 Å². The second-order valence-electron chi connectivity index (χ2n) is 5.06. The number of nitrogens with zero attached hydrogens (tertiary/aromatic N) is 1. The zero-order valence-corrected chi connectivity index (χ0v) is 14.2. The zero-order chi connectivity index (χ0) is 12.5. The lowest BCUT2D eigenvalue weighted by atomic mass is 10.2. The van der Waals surface area contributed by atoms with Crippen LogP contribution >= 0.6 is 24.0 Å². The molecule has 1 rings (SSSR count). The van der Waals surface area contributed by atoms with Crippen LogP contribution < -0.4 is 10.6 Å². The minimum atomic E-state index is 0. The highest BCUT2D eigenvalue weighted by atomic mass is 127. The van der Waals surface area contributed by atoms with E-state index >= 15 is 0 Å². The quantitative estimate of drug-likeness (QED) is 0.299. The molecule has 1 fully saturated rings. The van der Waals surface area contributed by atoms with Crippen LogP contribution in [0.15, 0.2) is 4.99 Å². The van der Waals surface area contributed by atoms with E-state index in [9.17, 15) is 0 Å². The molecular weight excluding hydrogens is 341 g/mol. The highest BCUT2D eigenvalue weighted by molar-refractivity contribution is 14.0. The predicted molar refractivity (Wildman–Crippen MR) is 87.8 cm³/mol. The second-order valence-corrected chi connectivity index (χ2v) is 5.06. The number of hydrogen-bond acceptors (Lipinski definition) is 2. The van der Waals surface area contributed by atoms with Crippen LogP contribution in [0.3, 0.4) is 0 Å². The summed E-state index contributed by atoms with van der Waals surface area (Å²) < 4.78 is 5.52. The summed E-state index contributed by atoms with van der Waals surface area (Å²) in [6, 6.07) is 0. The first-order valence-corrected chi connectivity index (χ1v) is 6.82. The Balaban J connectivity index is 0.00000289. The molecule has 108 valence electrons. The van der Waals surface area contributed by atoms with Crippen molar-refractivity contribution in [3.8, 4) is 0 Å². The van der Waals surface area contributed by atoms with Gasteiger partial charge in [0.15, 0.2) is 5.96 Å². The van der Waals surface area contributed by atoms with Gasteiger partial charge < -0.3 is 15.4 Å². The third kappa shape index (κ3) is 9.94. The first-order chi connectivity index (χ1) is 8.22. The van der Waals surface area contributed by atoms with E-state index in [0.29, 0.717) is 5.92 Å². The van der Waals surface area contributed by atoms with Crippen molar-refractivity contribution in [2.75, 3.05) is 32.8 Å². The molecule has 0 unspecified atom stereocenters. The number of aliphatic imine (C=N–C) groups is 1. The number of ether oxygens (including phenoxy) is 1. The van der Waals surface area contributed by atoms with E-state index in [1.165, 1.54) is 12.8 Å². The van der Waals surface area contributed by atoms with Gasteiger partial charge in [0.2, 0.25) is 0 Å². The van der Waals surface area contributed by atoms with Gasteiger partial charge in [-0.2, -0.15) is 0 Å². The molecule has 0 radical (unpaired) electrons. The molecule has 1 aliphatic rings. The molecule has 0 amide bonds. The summed E-state index contributed by atoms with van der Waals surface area (Å²) in [6.07, 6.45) is 2.70. The van der Waals surface area contributed by atoms with E-state index in [-0.39, 0.29) is 24.0 Å². The van der Waals surface area contributed by atoms with Gasteiger partial charge in [0.25, 0.3) is 0 Å². The molecule has 5 heteroatoms. The average Bonchev–Trinajstić information content (AvgIpc) is 3.08. The summed E-state index contributed by atoms with van der Waals surface area (Å²) in [6.45, 7) is 10.7. The lowest BCUT2D eigenvalue weighted by molar-refractivity contribution is 0.114. The van der Waals surface area contributed by atoms with Crippen molar-refractivity contribution in [2.24, 2.45) is 16.8 Å². The van der Waals surface area contributed by atoms with Crippen LogP contribution in [-0.4, -0.2) is 38.8 Å². The molecule has 1 saturated carbocycles. The maximum absolute atomic E-state index is 5.52. The highest BCUT2D eigenvalue weighted by Gasteiger charge is 2.20. The molecule has 0 spiro atoms. The maximum atomic E-state index is 5.52. The molecule has 2 N–H and O–H groups in total. The molecule has 0 heterocycles. The smallest absolute Gasteiger partial charge is 0.191 e. The second kappa shape index (κ2) is 10.8. The van der Waals surface area contributed by atoms with E-state index in [0.717, 1.165) is 44.7 Å². The molecule has 0 bridgehead atoms. The molecule has 0 aromatic carbocycles. The fourth-order valence-electron chi connectivity index (χ4n) is 1.42. The van der Waals surface area contributed by atoms with Gasteiger partial charge in [-0.1, -0.05) is 13.8 Å². The number of nitrogens with one attached hydrogen (secondary N) is 2. The van der Waals surface area contributed by atoms with Crippen molar-refractivity contribution < 1.29 is 4.74 Å². The van der Waals surface area contributed by atoms with Crippen LogP contribution in [-0.2, 0) is 4.74 Å². The molecule has 0 aromatic heterocycles. The monoisotopic (exact) mass is 369 g/mol. The van der Waals surface area contributed by atoms with Crippen LogP contribution in [0.1, 0.15) is 33.6 Å². The zero-order valence-electron chi connectivity index (χ0n) is 11.9. The third-order valence-electron chi connectivity index (χ3n) is 2.54. The maximum Gasteiger partial charge on any atom is 0.191 e. The Bertz CT molecular complexity index is 230. The molecule has 0 atom stereocenters. The van der Waals surface area contributed by atoms with Crippen LogP contribution in [0.5, 0.6) is 0 Å². The van der Waals surface area contributed by atoms with E-state index in [4.69, 9.17) is 4.74 Å². The van der Waals surface area contributed by atoms with Gasteiger partial charge in [0.1, 0.15) is 0 Å². The first kappa shape index (κ1) is 18.0. The molecule has 1 aliphatic carbocycles. The summed E-state index contributed by atoms with van der Waals surface area (Å²) in [4.78, 5) is 4.55. The van der Waals surface area contributed by atoms with Gasteiger partial charge in [-0.3, -0.25) is 4.99 Å². The van der Waals surface area contributed by atoms with E-state index in [1.54, 1.807) is 0 Å². The molecule has 0 aliphatic heterocycles. The molecule has 18 heavy (non-hydrogen) atoms. The Morgan fingerprint density at radius 3 is 2.61 bits per heavy atom. The van der Waals surface area contributed by atoms with Gasteiger partial charge >= 0.3 is 0 Å². The lowest BCUT2D eigenvalue weighted by Crippen LogP contribution is -2.39. The Hall–Kier alpha value is -0.0400. The SMILES string of the molecule is CCNC(=NCC1CC1)NCCOCC(C)C.I. The van der Waals surface area contributed by atoms with Crippen molar-refractivity contribution in [3.05, 3.63) is 0 Å².